The van der Waals surface area contributed by atoms with Crippen molar-refractivity contribution >= 4 is 17.7 Å². The Hall–Kier alpha value is -0.220. The molecule has 0 aromatic heterocycles. The van der Waals surface area contributed by atoms with Gasteiger partial charge in [0.25, 0.3) is 0 Å². The van der Waals surface area contributed by atoms with Crippen molar-refractivity contribution in [1.82, 2.24) is 10.2 Å². The van der Waals surface area contributed by atoms with Crippen molar-refractivity contribution in [2.45, 2.75) is 70.0 Å². The predicted octanol–water partition coefficient (Wildman–Crippen LogP) is 2.46. The fourth-order valence-corrected chi connectivity index (χ4v) is 4.33. The monoisotopic (exact) mass is 270 g/mol. The lowest BCUT2D eigenvalue weighted by atomic mass is 10.1. The molecule has 2 rings (SSSR count). The molecular weight excluding hydrogens is 244 g/mol. The van der Waals surface area contributed by atoms with Gasteiger partial charge < -0.3 is 4.90 Å². The number of nitrogens with zero attached hydrogens (tertiary/aromatic N) is 1. The van der Waals surface area contributed by atoms with Crippen LogP contribution < -0.4 is 5.32 Å². The van der Waals surface area contributed by atoms with Gasteiger partial charge in [-0.15, -0.1) is 0 Å². The fraction of sp³-hybridized carbons (Fsp3) is 0.929. The van der Waals surface area contributed by atoms with Crippen molar-refractivity contribution in [3.8, 4) is 0 Å². The predicted molar refractivity (Wildman–Crippen MR) is 77.6 cm³/mol. The van der Waals surface area contributed by atoms with E-state index in [9.17, 15) is 4.79 Å². The second-order valence-corrected chi connectivity index (χ2v) is 6.91. The maximum absolute atomic E-state index is 12.6. The average Bonchev–Trinajstić information content (AvgIpc) is 2.92. The van der Waals surface area contributed by atoms with Gasteiger partial charge in [-0.05, 0) is 31.4 Å². The van der Waals surface area contributed by atoms with Crippen LogP contribution in [0.1, 0.15) is 46.5 Å². The van der Waals surface area contributed by atoms with E-state index in [1.807, 2.05) is 11.8 Å². The summed E-state index contributed by atoms with van der Waals surface area (Å²) >= 11 is 1.93. The fourth-order valence-electron chi connectivity index (χ4n) is 3.35. The normalized spacial score (nSPS) is 36.9. The van der Waals surface area contributed by atoms with E-state index < -0.39 is 0 Å². The zero-order valence-corrected chi connectivity index (χ0v) is 12.8. The minimum absolute atomic E-state index is 0.0421. The van der Waals surface area contributed by atoms with Crippen LogP contribution in [-0.4, -0.2) is 40.6 Å². The number of carbonyl (C=O) groups is 1. The van der Waals surface area contributed by atoms with Crippen LogP contribution in [-0.2, 0) is 4.79 Å². The van der Waals surface area contributed by atoms with Gasteiger partial charge in [0.05, 0.1) is 12.2 Å². The minimum atomic E-state index is 0.0421. The van der Waals surface area contributed by atoms with E-state index in [4.69, 9.17) is 0 Å². The van der Waals surface area contributed by atoms with Crippen molar-refractivity contribution in [2.24, 2.45) is 5.92 Å². The highest BCUT2D eigenvalue weighted by molar-refractivity contribution is 7.99. The van der Waals surface area contributed by atoms with Crippen LogP contribution in [0.5, 0.6) is 0 Å². The number of hydrogen-bond donors (Lipinski definition) is 1. The molecule has 0 aromatic carbocycles. The molecule has 18 heavy (non-hydrogen) atoms. The molecule has 1 aliphatic heterocycles. The van der Waals surface area contributed by atoms with Crippen LogP contribution in [0, 0.1) is 5.92 Å². The van der Waals surface area contributed by atoms with Gasteiger partial charge in [0, 0.05) is 11.3 Å². The van der Waals surface area contributed by atoms with E-state index in [1.165, 1.54) is 19.3 Å². The quantitative estimate of drug-likeness (QED) is 0.852. The Kier molecular flexibility index (Phi) is 4.59. The molecule has 4 atom stereocenters. The van der Waals surface area contributed by atoms with Gasteiger partial charge in [-0.3, -0.25) is 10.1 Å². The largest absolute Gasteiger partial charge is 0.321 e. The third-order valence-electron chi connectivity index (χ3n) is 4.34. The van der Waals surface area contributed by atoms with Crippen molar-refractivity contribution in [1.29, 1.82) is 0 Å². The highest BCUT2D eigenvalue weighted by Crippen LogP contribution is 2.36. The van der Waals surface area contributed by atoms with Crippen LogP contribution in [0.2, 0.25) is 0 Å². The first kappa shape index (κ1) is 14.2. The Labute approximate surface area is 115 Å². The summed E-state index contributed by atoms with van der Waals surface area (Å²) in [6.45, 7) is 6.51. The third kappa shape index (κ3) is 2.42. The van der Waals surface area contributed by atoms with Crippen LogP contribution in [0.25, 0.3) is 0 Å². The standard InChI is InChI=1S/C14H26N2OS/c1-5-10-14(17)16(13(15-10)9(2)3)11-7-6-8-12(11)18-4/h9-13,15H,5-8H2,1-4H3. The number of thioether (sulfide) groups is 1. The van der Waals surface area contributed by atoms with Crippen molar-refractivity contribution < 1.29 is 4.79 Å². The van der Waals surface area contributed by atoms with Gasteiger partial charge in [0.2, 0.25) is 5.91 Å². The molecule has 1 aliphatic carbocycles. The zero-order valence-electron chi connectivity index (χ0n) is 12.0. The molecule has 1 N–H and O–H groups in total. The van der Waals surface area contributed by atoms with Crippen LogP contribution in [0.4, 0.5) is 0 Å². The van der Waals surface area contributed by atoms with Gasteiger partial charge in [-0.1, -0.05) is 27.2 Å². The van der Waals surface area contributed by atoms with E-state index in [0.29, 0.717) is 23.1 Å². The summed E-state index contributed by atoms with van der Waals surface area (Å²) in [4.78, 5) is 14.7. The summed E-state index contributed by atoms with van der Waals surface area (Å²) in [5.74, 6) is 0.816. The summed E-state index contributed by atoms with van der Waals surface area (Å²) in [6, 6.07) is 0.490. The van der Waals surface area contributed by atoms with Crippen LogP contribution in [0.3, 0.4) is 0 Å². The zero-order chi connectivity index (χ0) is 13.3. The molecule has 2 fully saturated rings. The summed E-state index contributed by atoms with van der Waals surface area (Å²) in [5.41, 5.74) is 0. The Balaban J connectivity index is 2.19. The third-order valence-corrected chi connectivity index (χ3v) is 5.50. The van der Waals surface area contributed by atoms with Crippen LogP contribution in [0.15, 0.2) is 0 Å². The van der Waals surface area contributed by atoms with E-state index in [1.54, 1.807) is 0 Å². The molecule has 1 saturated carbocycles. The molecular formula is C14H26N2OS. The molecule has 0 bridgehead atoms. The summed E-state index contributed by atoms with van der Waals surface area (Å²) in [6.07, 6.45) is 7.02. The lowest BCUT2D eigenvalue weighted by molar-refractivity contribution is -0.132. The summed E-state index contributed by atoms with van der Waals surface area (Å²) in [5, 5.41) is 4.16. The van der Waals surface area contributed by atoms with Gasteiger partial charge in [0.1, 0.15) is 0 Å². The second kappa shape index (κ2) is 5.83. The molecule has 4 heteroatoms. The Bertz CT molecular complexity index is 308. The summed E-state index contributed by atoms with van der Waals surface area (Å²) < 4.78 is 0. The molecule has 104 valence electrons. The molecule has 1 heterocycles. The maximum atomic E-state index is 12.6. The lowest BCUT2D eigenvalue weighted by Crippen LogP contribution is -2.49. The second-order valence-electron chi connectivity index (χ2n) is 5.83. The van der Waals surface area contributed by atoms with Gasteiger partial charge >= 0.3 is 0 Å². The Morgan fingerprint density at radius 2 is 2.17 bits per heavy atom. The minimum Gasteiger partial charge on any atom is -0.321 e. The Morgan fingerprint density at radius 3 is 2.72 bits per heavy atom. The van der Waals surface area contributed by atoms with E-state index in [2.05, 4.69) is 37.2 Å². The first-order valence-corrected chi connectivity index (χ1v) is 8.50. The van der Waals surface area contributed by atoms with Crippen LogP contribution >= 0.6 is 11.8 Å². The molecule has 0 spiro atoms. The number of nitrogens with one attached hydrogen (secondary N) is 1. The smallest absolute Gasteiger partial charge is 0.241 e. The lowest BCUT2D eigenvalue weighted by Gasteiger charge is -2.35. The van der Waals surface area contributed by atoms with Gasteiger partial charge in [0.15, 0.2) is 0 Å². The van der Waals surface area contributed by atoms with E-state index in [-0.39, 0.29) is 12.2 Å². The molecule has 1 saturated heterocycles. The molecule has 0 aromatic rings. The molecule has 2 aliphatic rings. The first-order chi connectivity index (χ1) is 8.60. The number of rotatable bonds is 4. The van der Waals surface area contributed by atoms with Crippen molar-refractivity contribution in [3.05, 3.63) is 0 Å². The molecule has 1 amide bonds. The Morgan fingerprint density at radius 1 is 1.44 bits per heavy atom. The SMILES string of the molecule is CCC1NC(C(C)C)N(C2CCCC2SC)C1=O. The van der Waals surface area contributed by atoms with Crippen molar-refractivity contribution in [3.63, 3.8) is 0 Å². The number of hydrogen-bond acceptors (Lipinski definition) is 3. The van der Waals surface area contributed by atoms with Gasteiger partial charge in [-0.2, -0.15) is 11.8 Å². The van der Waals surface area contributed by atoms with E-state index in [0.717, 1.165) is 6.42 Å². The number of amides is 1. The highest BCUT2D eigenvalue weighted by Gasteiger charge is 2.46. The summed E-state index contributed by atoms with van der Waals surface area (Å²) in [7, 11) is 0. The molecule has 0 radical (unpaired) electrons. The van der Waals surface area contributed by atoms with Gasteiger partial charge in [-0.25, -0.2) is 0 Å². The topological polar surface area (TPSA) is 32.3 Å². The highest BCUT2D eigenvalue weighted by atomic mass is 32.2. The number of carbonyl (C=O) groups excluding carboxylic acids is 1. The van der Waals surface area contributed by atoms with E-state index >= 15 is 0 Å². The van der Waals surface area contributed by atoms with Crippen molar-refractivity contribution in [2.75, 3.05) is 6.26 Å². The molecule has 4 unspecified atom stereocenters. The molecule has 3 nitrogen and oxygen atoms in total. The first-order valence-electron chi connectivity index (χ1n) is 7.21. The maximum Gasteiger partial charge on any atom is 0.241 e. The average molecular weight is 270 g/mol.